The molecule has 0 aliphatic carbocycles. The van der Waals surface area contributed by atoms with E-state index in [4.69, 9.17) is 0 Å². The summed E-state index contributed by atoms with van der Waals surface area (Å²) in [5.41, 5.74) is 0. The van der Waals surface area contributed by atoms with Gasteiger partial charge in [0.1, 0.15) is 0 Å². The van der Waals surface area contributed by atoms with E-state index in [1.165, 1.54) is 0 Å². The molecule has 0 N–H and O–H groups in total. The van der Waals surface area contributed by atoms with Crippen molar-refractivity contribution in [3.8, 4) is 0 Å². The van der Waals surface area contributed by atoms with E-state index in [1.807, 2.05) is 0 Å². The summed E-state index contributed by atoms with van der Waals surface area (Å²) in [6.45, 7) is 0. The van der Waals surface area contributed by atoms with Crippen LogP contribution in [0.2, 0.25) is 0 Å². The van der Waals surface area contributed by atoms with Crippen LogP contribution < -0.4 is 0 Å². The molecule has 0 aromatic carbocycles. The molecule has 5 heavy (non-hydrogen) atoms. The van der Waals surface area contributed by atoms with Crippen LogP contribution in [0, 0.1) is 0 Å². The number of hydrogen-bond acceptors (Lipinski definition) is 3. The Morgan fingerprint density at radius 3 is 2.00 bits per heavy atom. The fraction of sp³-hybridized carbons (Fsp3) is 0. The molecule has 4 heteroatoms. The molecule has 0 atom stereocenters. The number of carbonyl (C=O) groups is 1. The zero-order valence-electron chi connectivity index (χ0n) is 2.30. The van der Waals surface area contributed by atoms with Crippen molar-refractivity contribution in [2.45, 2.75) is 0 Å². The molecular formula is CO3Tl. The van der Waals surface area contributed by atoms with Gasteiger partial charge in [0.15, 0.2) is 0 Å². The van der Waals surface area contributed by atoms with Crippen LogP contribution in [-0.4, -0.2) is 31.3 Å². The molecule has 0 spiro atoms. The first-order valence-corrected chi connectivity index (χ1v) is 4.75. The third-order valence-electron chi connectivity index (χ3n) is 0.289. The monoisotopic (exact) mass is 265 g/mol. The van der Waals surface area contributed by atoms with Gasteiger partial charge in [-0.25, -0.2) is 0 Å². The van der Waals surface area contributed by atoms with Gasteiger partial charge in [0.2, 0.25) is 0 Å². The van der Waals surface area contributed by atoms with Gasteiger partial charge in [-0.2, -0.15) is 0 Å². The van der Waals surface area contributed by atoms with E-state index in [-0.39, 0.29) is 0 Å². The Kier molecular flexibility index (Phi) is 0.754. The maximum absolute atomic E-state index is 9.51. The van der Waals surface area contributed by atoms with Crippen LogP contribution in [0.4, 0.5) is 4.79 Å². The van der Waals surface area contributed by atoms with Crippen LogP contribution in [0.1, 0.15) is 0 Å². The fourth-order valence-electron chi connectivity index (χ4n) is 0.0874. The Labute approximate surface area is 41.8 Å². The van der Waals surface area contributed by atoms with Crippen LogP contribution in [0.5, 0.6) is 0 Å². The van der Waals surface area contributed by atoms with Crippen molar-refractivity contribution in [2.75, 3.05) is 0 Å². The molecule has 0 bridgehead atoms. The molecule has 1 heterocycles. The summed E-state index contributed by atoms with van der Waals surface area (Å²) in [7, 11) is 0. The van der Waals surface area contributed by atoms with Crippen LogP contribution in [0.15, 0.2) is 0 Å². The van der Waals surface area contributed by atoms with E-state index in [2.05, 4.69) is 5.37 Å². The minimum absolute atomic E-state index is 0.472. The van der Waals surface area contributed by atoms with Crippen LogP contribution in [0.25, 0.3) is 0 Å². The van der Waals surface area contributed by atoms with Gasteiger partial charge in [-0.15, -0.1) is 0 Å². The third kappa shape index (κ3) is 0.525. The molecule has 1 aliphatic heterocycles. The molecule has 1 saturated heterocycles. The Bertz CT molecular complexity index is 53.9. The van der Waals surface area contributed by atoms with Crippen molar-refractivity contribution >= 4 is 31.3 Å². The van der Waals surface area contributed by atoms with E-state index in [0.717, 1.165) is 0 Å². The van der Waals surface area contributed by atoms with E-state index in [0.29, 0.717) is 0 Å². The SMILES string of the molecule is O=C1[O][Tl][O]1. The topological polar surface area (TPSA) is 35.5 Å². The second kappa shape index (κ2) is 1.11. The minimum atomic E-state index is -1.26. The van der Waals surface area contributed by atoms with E-state index >= 15 is 0 Å². The van der Waals surface area contributed by atoms with Crippen LogP contribution in [0.3, 0.4) is 0 Å². The van der Waals surface area contributed by atoms with Crippen molar-refractivity contribution in [1.29, 1.82) is 0 Å². The zero-order valence-corrected chi connectivity index (χ0v) is 6.79. The van der Waals surface area contributed by atoms with Gasteiger partial charge in [0.05, 0.1) is 0 Å². The van der Waals surface area contributed by atoms with E-state index in [9.17, 15) is 4.79 Å². The van der Waals surface area contributed by atoms with Crippen molar-refractivity contribution < 1.29 is 10.2 Å². The summed E-state index contributed by atoms with van der Waals surface area (Å²) >= 11 is -1.26. The number of rotatable bonds is 0. The third-order valence-corrected chi connectivity index (χ3v) is 2.53. The molecule has 0 saturated carbocycles. The Balaban J connectivity index is 2.32. The molecule has 0 amide bonds. The van der Waals surface area contributed by atoms with Crippen molar-refractivity contribution in [2.24, 2.45) is 0 Å². The van der Waals surface area contributed by atoms with Gasteiger partial charge >= 0.3 is 41.5 Å². The molecule has 0 radical (unpaired) electrons. The maximum atomic E-state index is 9.51. The summed E-state index contributed by atoms with van der Waals surface area (Å²) in [4.78, 5) is 9.51. The molecule has 0 unspecified atom stereocenters. The molecule has 1 aliphatic rings. The Morgan fingerprint density at radius 1 is 1.60 bits per heavy atom. The molecule has 3 nitrogen and oxygen atoms in total. The average Bonchev–Trinajstić information content (AvgIpc) is 1.30. The first kappa shape index (κ1) is 3.38. The quantitative estimate of drug-likeness (QED) is 0.563. The first-order valence-electron chi connectivity index (χ1n) is 1.08. The average molecular weight is 264 g/mol. The summed E-state index contributed by atoms with van der Waals surface area (Å²) in [5.74, 6) is 0. The molecule has 0 aromatic rings. The van der Waals surface area contributed by atoms with Crippen molar-refractivity contribution in [3.63, 3.8) is 0 Å². The molecule has 0 aromatic heterocycles. The first-order chi connectivity index (χ1) is 2.39. The number of hydrogen-bond donors (Lipinski definition) is 0. The van der Waals surface area contributed by atoms with Gasteiger partial charge in [-0.3, -0.25) is 0 Å². The predicted molar refractivity (Wildman–Crippen MR) is 13.3 cm³/mol. The summed E-state index contributed by atoms with van der Waals surface area (Å²) in [6, 6.07) is 0. The molecule has 1 rings (SSSR count). The normalized spacial score (nSPS) is 15.6. The predicted octanol–water partition coefficient (Wildman–Crippen LogP) is -0.313. The zero-order chi connectivity index (χ0) is 3.70. The van der Waals surface area contributed by atoms with Gasteiger partial charge in [0, 0.05) is 0 Å². The Hall–Kier alpha value is 0.192. The fourth-order valence-corrected chi connectivity index (χ4v) is 0.767. The van der Waals surface area contributed by atoms with Crippen LogP contribution >= 0.6 is 0 Å². The number of carbonyl (C=O) groups excluding carboxylic acids is 1. The molecule has 1 fully saturated rings. The second-order valence-electron chi connectivity index (χ2n) is 0.582. The van der Waals surface area contributed by atoms with E-state index in [1.54, 1.807) is 0 Å². The van der Waals surface area contributed by atoms with E-state index < -0.39 is 31.3 Å². The van der Waals surface area contributed by atoms with Crippen LogP contribution in [-0.2, 0) is 5.37 Å². The van der Waals surface area contributed by atoms with Gasteiger partial charge in [-0.05, 0) is 0 Å². The summed E-state index contributed by atoms with van der Waals surface area (Å²) < 4.78 is 8.56. The van der Waals surface area contributed by atoms with Crippen molar-refractivity contribution in [1.82, 2.24) is 0 Å². The standard InChI is InChI=1S/CH2O3.Tl/c2-1(3)4;/h(H2,2,3,4);/q;+2/p-2. The van der Waals surface area contributed by atoms with Gasteiger partial charge < -0.3 is 0 Å². The van der Waals surface area contributed by atoms with Crippen molar-refractivity contribution in [3.05, 3.63) is 0 Å². The summed E-state index contributed by atoms with van der Waals surface area (Å²) in [5, 5.41) is 0. The Morgan fingerprint density at radius 2 is 2.00 bits per heavy atom. The molecule has 25 valence electrons. The van der Waals surface area contributed by atoms with Gasteiger partial charge in [-0.1, -0.05) is 0 Å². The summed E-state index contributed by atoms with van der Waals surface area (Å²) in [6.07, 6.45) is -0.472. The molecular weight excluding hydrogens is 264 g/mol. The second-order valence-corrected chi connectivity index (χ2v) is 3.16. The van der Waals surface area contributed by atoms with Gasteiger partial charge in [0.25, 0.3) is 0 Å².